The number of amides is 2. The molecule has 0 aliphatic carbocycles. The summed E-state index contributed by atoms with van der Waals surface area (Å²) in [5, 5.41) is 10.3. The van der Waals surface area contributed by atoms with Crippen LogP contribution in [0.2, 0.25) is 5.02 Å². The van der Waals surface area contributed by atoms with Crippen molar-refractivity contribution in [2.75, 3.05) is 11.9 Å². The van der Waals surface area contributed by atoms with Crippen molar-refractivity contribution in [2.24, 2.45) is 0 Å². The lowest BCUT2D eigenvalue weighted by atomic mass is 10.2. The summed E-state index contributed by atoms with van der Waals surface area (Å²) in [6.45, 7) is 1.31. The van der Waals surface area contributed by atoms with Crippen LogP contribution >= 0.6 is 22.9 Å². The van der Waals surface area contributed by atoms with Crippen molar-refractivity contribution in [3.63, 3.8) is 0 Å². The number of thiophene rings is 1. The molecule has 2 aromatic heterocycles. The number of anilines is 1. The lowest BCUT2D eigenvalue weighted by molar-refractivity contribution is -0.115. The second-order valence-electron chi connectivity index (χ2n) is 6.76. The summed E-state index contributed by atoms with van der Waals surface area (Å²) >= 11 is 7.24. The lowest BCUT2D eigenvalue weighted by Gasteiger charge is -2.08. The van der Waals surface area contributed by atoms with Crippen molar-refractivity contribution in [1.82, 2.24) is 15.1 Å². The number of aromatic nitrogens is 2. The normalized spacial score (nSPS) is 11.0. The molecule has 164 valence electrons. The van der Waals surface area contributed by atoms with E-state index in [1.807, 2.05) is 13.0 Å². The Morgan fingerprint density at radius 2 is 1.91 bits per heavy atom. The molecule has 0 atom stereocenters. The zero-order valence-electron chi connectivity index (χ0n) is 16.4. The summed E-state index contributed by atoms with van der Waals surface area (Å²) in [6, 6.07) is 10.3. The Kier molecular flexibility index (Phi) is 5.90. The predicted octanol–water partition coefficient (Wildman–Crippen LogP) is 4.83. The quantitative estimate of drug-likeness (QED) is 0.403. The van der Waals surface area contributed by atoms with Crippen LogP contribution in [0.4, 0.5) is 18.9 Å². The fraction of sp³-hybridized carbons (Fsp3) is 0.0952. The summed E-state index contributed by atoms with van der Waals surface area (Å²) < 4.78 is 41.6. The van der Waals surface area contributed by atoms with E-state index in [-0.39, 0.29) is 0 Å². The number of carbonyl (C=O) groups is 2. The van der Waals surface area contributed by atoms with Gasteiger partial charge in [-0.2, -0.15) is 5.10 Å². The molecule has 2 N–H and O–H groups in total. The van der Waals surface area contributed by atoms with Crippen molar-refractivity contribution in [1.29, 1.82) is 0 Å². The van der Waals surface area contributed by atoms with Gasteiger partial charge in [-0.25, -0.2) is 17.9 Å². The number of hydrogen-bond donors (Lipinski definition) is 2. The van der Waals surface area contributed by atoms with Crippen LogP contribution in [0, 0.1) is 24.4 Å². The average Bonchev–Trinajstić information content (AvgIpc) is 3.33. The first-order chi connectivity index (χ1) is 15.2. The van der Waals surface area contributed by atoms with Crippen LogP contribution in [0.25, 0.3) is 15.9 Å². The van der Waals surface area contributed by atoms with E-state index in [1.165, 1.54) is 11.3 Å². The Balaban J connectivity index is 1.48. The molecular weight excluding hydrogens is 465 g/mol. The highest BCUT2D eigenvalue weighted by molar-refractivity contribution is 7.20. The van der Waals surface area contributed by atoms with Gasteiger partial charge in [-0.15, -0.1) is 11.3 Å². The fourth-order valence-electron chi connectivity index (χ4n) is 3.01. The second-order valence-corrected chi connectivity index (χ2v) is 8.23. The van der Waals surface area contributed by atoms with Gasteiger partial charge in [0.05, 0.1) is 28.5 Å². The van der Waals surface area contributed by atoms with Gasteiger partial charge in [0.2, 0.25) is 5.91 Å². The topological polar surface area (TPSA) is 76.0 Å². The molecule has 4 rings (SSSR count). The molecule has 2 aromatic carbocycles. The number of halogens is 4. The van der Waals surface area contributed by atoms with Crippen LogP contribution in [0.15, 0.2) is 42.5 Å². The van der Waals surface area contributed by atoms with E-state index in [2.05, 4.69) is 15.7 Å². The lowest BCUT2D eigenvalue weighted by Crippen LogP contribution is -2.32. The maximum Gasteiger partial charge on any atom is 0.261 e. The van der Waals surface area contributed by atoms with Gasteiger partial charge in [0, 0.05) is 10.4 Å². The first-order valence-corrected chi connectivity index (χ1v) is 10.4. The van der Waals surface area contributed by atoms with Crippen LogP contribution < -0.4 is 10.6 Å². The molecule has 6 nitrogen and oxygen atoms in total. The summed E-state index contributed by atoms with van der Waals surface area (Å²) in [5.74, 6) is -5.91. The minimum Gasteiger partial charge on any atom is -0.342 e. The molecule has 11 heteroatoms. The standard InChI is InChI=1S/C21H14ClF3N4O2S/c1-10-13-8-16(32-21(13)29(28-10)12-4-2-3-11(22)7-12)20(31)26-9-17(30)27-15-6-5-14(23)18(24)19(15)25/h2-8H,9H2,1H3,(H,26,31)(H,27,30). The molecule has 0 bridgehead atoms. The molecule has 0 radical (unpaired) electrons. The van der Waals surface area contributed by atoms with Gasteiger partial charge in [0.15, 0.2) is 17.5 Å². The van der Waals surface area contributed by atoms with Gasteiger partial charge in [0.25, 0.3) is 5.91 Å². The third kappa shape index (κ3) is 4.19. The summed E-state index contributed by atoms with van der Waals surface area (Å²) in [6.07, 6.45) is 0. The predicted molar refractivity (Wildman–Crippen MR) is 116 cm³/mol. The van der Waals surface area contributed by atoms with Gasteiger partial charge in [0.1, 0.15) is 4.83 Å². The Bertz CT molecular complexity index is 1370. The number of rotatable bonds is 5. The summed E-state index contributed by atoms with van der Waals surface area (Å²) in [4.78, 5) is 25.6. The largest absolute Gasteiger partial charge is 0.342 e. The summed E-state index contributed by atoms with van der Waals surface area (Å²) in [5.41, 5.74) is 0.918. The van der Waals surface area contributed by atoms with Gasteiger partial charge in [-0.05, 0) is 43.3 Å². The molecule has 2 heterocycles. The van der Waals surface area contributed by atoms with E-state index < -0.39 is 41.5 Å². The molecule has 0 spiro atoms. The van der Waals surface area contributed by atoms with Crippen molar-refractivity contribution < 1.29 is 22.8 Å². The highest BCUT2D eigenvalue weighted by Gasteiger charge is 2.19. The highest BCUT2D eigenvalue weighted by Crippen LogP contribution is 2.31. The van der Waals surface area contributed by atoms with E-state index in [0.29, 0.717) is 21.7 Å². The maximum absolute atomic E-state index is 13.7. The number of aryl methyl sites for hydroxylation is 1. The second kappa shape index (κ2) is 8.64. The number of carbonyl (C=O) groups excluding carboxylic acids is 2. The minimum absolute atomic E-state index is 0.336. The first-order valence-electron chi connectivity index (χ1n) is 9.21. The molecule has 0 unspecified atom stereocenters. The third-order valence-corrected chi connectivity index (χ3v) is 5.88. The average molecular weight is 479 g/mol. The Morgan fingerprint density at radius 3 is 2.66 bits per heavy atom. The van der Waals surface area contributed by atoms with Crippen molar-refractivity contribution in [3.8, 4) is 5.69 Å². The molecule has 0 fully saturated rings. The molecule has 32 heavy (non-hydrogen) atoms. The smallest absolute Gasteiger partial charge is 0.261 e. The van der Waals surface area contributed by atoms with Gasteiger partial charge < -0.3 is 10.6 Å². The molecular formula is C21H14ClF3N4O2S. The number of nitrogens with zero attached hydrogens (tertiary/aromatic N) is 2. The number of nitrogens with one attached hydrogen (secondary N) is 2. The zero-order valence-corrected chi connectivity index (χ0v) is 18.0. The molecule has 0 aliphatic rings. The Labute approximate surface area is 188 Å². The fourth-order valence-corrected chi connectivity index (χ4v) is 4.29. The zero-order chi connectivity index (χ0) is 23.0. The van der Waals surface area contributed by atoms with E-state index >= 15 is 0 Å². The van der Waals surface area contributed by atoms with Crippen LogP contribution in [0.5, 0.6) is 0 Å². The van der Waals surface area contributed by atoms with E-state index in [9.17, 15) is 22.8 Å². The molecule has 0 saturated carbocycles. The van der Waals surface area contributed by atoms with Crippen molar-refractivity contribution >= 4 is 50.7 Å². The molecule has 0 aliphatic heterocycles. The maximum atomic E-state index is 13.7. The van der Waals surface area contributed by atoms with Gasteiger partial charge >= 0.3 is 0 Å². The van der Waals surface area contributed by atoms with Crippen LogP contribution in [0.3, 0.4) is 0 Å². The minimum atomic E-state index is -1.69. The Hall–Kier alpha value is -3.37. The van der Waals surface area contributed by atoms with Crippen LogP contribution in [-0.4, -0.2) is 28.1 Å². The van der Waals surface area contributed by atoms with Crippen molar-refractivity contribution in [3.05, 3.63) is 75.5 Å². The number of benzene rings is 2. The van der Waals surface area contributed by atoms with Crippen LogP contribution in [0.1, 0.15) is 15.4 Å². The summed E-state index contributed by atoms with van der Waals surface area (Å²) in [7, 11) is 0. The monoisotopic (exact) mass is 478 g/mol. The van der Waals surface area contributed by atoms with Gasteiger partial charge in [-0.3, -0.25) is 9.59 Å². The van der Waals surface area contributed by atoms with Gasteiger partial charge in [-0.1, -0.05) is 17.7 Å². The Morgan fingerprint density at radius 1 is 1.12 bits per heavy atom. The van der Waals surface area contributed by atoms with Crippen LogP contribution in [-0.2, 0) is 4.79 Å². The SMILES string of the molecule is Cc1nn(-c2cccc(Cl)c2)c2sc(C(=O)NCC(=O)Nc3ccc(F)c(F)c3F)cc12. The molecule has 0 saturated heterocycles. The first kappa shape index (κ1) is 21.8. The highest BCUT2D eigenvalue weighted by atomic mass is 35.5. The molecule has 2 amide bonds. The molecule has 4 aromatic rings. The third-order valence-electron chi connectivity index (χ3n) is 4.54. The van der Waals surface area contributed by atoms with Crippen molar-refractivity contribution in [2.45, 2.75) is 6.92 Å². The number of hydrogen-bond acceptors (Lipinski definition) is 4. The van der Waals surface area contributed by atoms with E-state index in [4.69, 9.17) is 11.6 Å². The van der Waals surface area contributed by atoms with E-state index in [1.54, 1.807) is 28.9 Å². The number of fused-ring (bicyclic) bond motifs is 1. The van der Waals surface area contributed by atoms with E-state index in [0.717, 1.165) is 22.0 Å².